The number of Topliss-reactive ketones (excluding diaryl/α,β-unsaturated/α-hetero) is 1. The summed E-state index contributed by atoms with van der Waals surface area (Å²) < 4.78 is 95.6. The minimum Gasteiger partial charge on any atom is -0.350 e. The molecule has 3 heterocycles. The molecule has 0 aliphatic carbocycles. The molecule has 240 valence electrons. The second kappa shape index (κ2) is 12.6. The zero-order chi connectivity index (χ0) is 33.5. The lowest BCUT2D eigenvalue weighted by Crippen LogP contribution is -2.50. The Bertz CT molecular complexity index is 1760. The monoisotopic (exact) mass is 771 g/mol. The zero-order valence-electron chi connectivity index (χ0n) is 23.4. The summed E-state index contributed by atoms with van der Waals surface area (Å²) in [6.07, 6.45) is -5.25. The van der Waals surface area contributed by atoms with Gasteiger partial charge in [-0.3, -0.25) is 9.59 Å². The van der Waals surface area contributed by atoms with Crippen molar-refractivity contribution in [2.75, 3.05) is 0 Å². The van der Waals surface area contributed by atoms with E-state index >= 15 is 0 Å². The number of benzene rings is 1. The number of carbonyl (C=O) groups is 2. The summed E-state index contributed by atoms with van der Waals surface area (Å²) in [5.74, 6) is -13.1. The van der Waals surface area contributed by atoms with Crippen LogP contribution in [0.15, 0.2) is 42.7 Å². The summed E-state index contributed by atoms with van der Waals surface area (Å²) in [5, 5.41) is 13.2. The molecule has 4 aromatic rings. The van der Waals surface area contributed by atoms with Crippen molar-refractivity contribution in [2.45, 2.75) is 57.8 Å². The van der Waals surface area contributed by atoms with Crippen LogP contribution in [0.3, 0.4) is 0 Å². The van der Waals surface area contributed by atoms with Crippen molar-refractivity contribution in [3.8, 4) is 5.82 Å². The van der Waals surface area contributed by atoms with E-state index in [1.165, 1.54) is 24.4 Å². The normalized spacial score (nSPS) is 12.6. The first-order valence-electron chi connectivity index (χ1n) is 12.9. The molecule has 0 radical (unpaired) electrons. The molecule has 0 atom stereocenters. The molecule has 0 saturated heterocycles. The molecule has 0 aliphatic rings. The summed E-state index contributed by atoms with van der Waals surface area (Å²) in [5.41, 5.74) is -0.732. The SMILES string of the molecule is Cc1cc(I)cc(C(=O)NC(C)C)c1CC(=O)c1cc(Cn2cc(C(F)(F)C(F)(F)C(F)(F)F)nn2)nn1-c1ncccc1Cl. The van der Waals surface area contributed by atoms with Crippen LogP contribution < -0.4 is 5.32 Å². The van der Waals surface area contributed by atoms with Gasteiger partial charge in [-0.05, 0) is 84.8 Å². The fourth-order valence-electron chi connectivity index (χ4n) is 4.23. The molecular formula is C27H22ClF7IN7O2. The van der Waals surface area contributed by atoms with Crippen LogP contribution >= 0.6 is 34.2 Å². The van der Waals surface area contributed by atoms with Gasteiger partial charge in [0.25, 0.3) is 5.91 Å². The molecule has 0 spiro atoms. The molecule has 0 bridgehead atoms. The minimum absolute atomic E-state index is 0.00139. The highest BCUT2D eigenvalue weighted by atomic mass is 127. The van der Waals surface area contributed by atoms with Crippen LogP contribution in [0.4, 0.5) is 30.7 Å². The number of ketones is 1. The molecule has 4 rings (SSSR count). The zero-order valence-corrected chi connectivity index (χ0v) is 26.3. The first-order chi connectivity index (χ1) is 20.8. The van der Waals surface area contributed by atoms with Crippen LogP contribution in [0.1, 0.15) is 57.2 Å². The summed E-state index contributed by atoms with van der Waals surface area (Å²) >= 11 is 8.34. The van der Waals surface area contributed by atoms with Gasteiger partial charge in [-0.1, -0.05) is 16.8 Å². The fraction of sp³-hybridized carbons (Fsp3) is 0.333. The van der Waals surface area contributed by atoms with E-state index < -0.39 is 42.0 Å². The molecule has 18 heteroatoms. The first-order valence-corrected chi connectivity index (χ1v) is 14.3. The van der Waals surface area contributed by atoms with Gasteiger partial charge < -0.3 is 5.32 Å². The summed E-state index contributed by atoms with van der Waals surface area (Å²) in [7, 11) is 0. The molecule has 0 aliphatic heterocycles. The smallest absolute Gasteiger partial charge is 0.350 e. The van der Waals surface area contributed by atoms with Crippen molar-refractivity contribution in [3.05, 3.63) is 85.1 Å². The second-order valence-electron chi connectivity index (χ2n) is 10.2. The van der Waals surface area contributed by atoms with E-state index in [1.54, 1.807) is 32.9 Å². The third kappa shape index (κ3) is 6.97. The highest BCUT2D eigenvalue weighted by molar-refractivity contribution is 14.1. The average Bonchev–Trinajstić information content (AvgIpc) is 3.57. The van der Waals surface area contributed by atoms with E-state index in [2.05, 4.69) is 25.7 Å². The average molecular weight is 772 g/mol. The molecular weight excluding hydrogens is 750 g/mol. The van der Waals surface area contributed by atoms with Crippen LogP contribution in [0.5, 0.6) is 0 Å². The largest absolute Gasteiger partial charge is 0.460 e. The Morgan fingerprint density at radius 3 is 2.40 bits per heavy atom. The number of carbonyl (C=O) groups excluding carboxylic acids is 2. The first kappa shape index (κ1) is 34.3. The molecule has 0 saturated carbocycles. The third-order valence-corrected chi connectivity index (χ3v) is 7.28. The number of nitrogens with one attached hydrogen (secondary N) is 1. The number of aromatic nitrogens is 6. The van der Waals surface area contributed by atoms with Crippen LogP contribution in [0, 0.1) is 10.5 Å². The van der Waals surface area contributed by atoms with Gasteiger partial charge >= 0.3 is 18.0 Å². The van der Waals surface area contributed by atoms with E-state index in [4.69, 9.17) is 11.6 Å². The lowest BCUT2D eigenvalue weighted by molar-refractivity contribution is -0.360. The molecule has 3 aromatic heterocycles. The van der Waals surface area contributed by atoms with Gasteiger partial charge in [-0.25, -0.2) is 14.3 Å². The van der Waals surface area contributed by atoms with Gasteiger partial charge in [-0.2, -0.15) is 35.8 Å². The van der Waals surface area contributed by atoms with Gasteiger partial charge in [0.2, 0.25) is 0 Å². The molecule has 0 fully saturated rings. The van der Waals surface area contributed by atoms with E-state index in [-0.39, 0.29) is 46.5 Å². The van der Waals surface area contributed by atoms with Gasteiger partial charge in [0.1, 0.15) is 5.69 Å². The maximum Gasteiger partial charge on any atom is 0.460 e. The van der Waals surface area contributed by atoms with Gasteiger partial charge in [0.15, 0.2) is 17.3 Å². The number of nitrogens with zero attached hydrogens (tertiary/aromatic N) is 6. The number of aryl methyl sites for hydroxylation is 1. The number of halogens is 9. The summed E-state index contributed by atoms with van der Waals surface area (Å²) in [4.78, 5) is 30.9. The number of pyridine rings is 1. The minimum atomic E-state index is -6.55. The number of amides is 1. The third-order valence-electron chi connectivity index (χ3n) is 6.36. The summed E-state index contributed by atoms with van der Waals surface area (Å²) in [6, 6.07) is 7.43. The number of hydrogen-bond acceptors (Lipinski definition) is 6. The Kier molecular flexibility index (Phi) is 9.63. The number of rotatable bonds is 10. The van der Waals surface area contributed by atoms with Crippen LogP contribution in [0.2, 0.25) is 5.02 Å². The predicted molar refractivity (Wildman–Crippen MR) is 155 cm³/mol. The predicted octanol–water partition coefficient (Wildman–Crippen LogP) is 6.33. The van der Waals surface area contributed by atoms with E-state index in [0.717, 1.165) is 8.25 Å². The van der Waals surface area contributed by atoms with Crippen molar-refractivity contribution in [1.82, 2.24) is 35.1 Å². The maximum absolute atomic E-state index is 14.1. The molecule has 45 heavy (non-hydrogen) atoms. The van der Waals surface area contributed by atoms with Crippen molar-refractivity contribution in [2.24, 2.45) is 0 Å². The van der Waals surface area contributed by atoms with Crippen molar-refractivity contribution in [3.63, 3.8) is 0 Å². The molecule has 0 unspecified atom stereocenters. The molecule has 1 aromatic carbocycles. The van der Waals surface area contributed by atoms with Crippen LogP contribution in [-0.4, -0.2) is 59.6 Å². The van der Waals surface area contributed by atoms with E-state index in [9.17, 15) is 40.3 Å². The van der Waals surface area contributed by atoms with E-state index in [0.29, 0.717) is 15.8 Å². The molecule has 9 nitrogen and oxygen atoms in total. The standard InChI is InChI=1S/C27H22ClF7IN7O2/c1-13(2)38-24(45)18-8-15(36)7-14(3)17(18)10-21(44)20-9-16(40-43(20)23-19(28)5-4-6-37-23)11-42-12-22(39-41-42)25(29,30)26(31,32)27(33,34)35/h4-9,12-13H,10-11H2,1-3H3,(H,38,45). The highest BCUT2D eigenvalue weighted by Crippen LogP contribution is 2.51. The lowest BCUT2D eigenvalue weighted by Gasteiger charge is -2.26. The molecule has 1 amide bonds. The highest BCUT2D eigenvalue weighted by Gasteiger charge is 2.74. The quantitative estimate of drug-likeness (QED) is 0.115. The Balaban J connectivity index is 1.73. The summed E-state index contributed by atoms with van der Waals surface area (Å²) in [6.45, 7) is 4.72. The van der Waals surface area contributed by atoms with Crippen LogP contribution in [0.25, 0.3) is 5.82 Å². The Hall–Kier alpha value is -3.61. The Morgan fingerprint density at radius 2 is 1.78 bits per heavy atom. The Labute approximate surface area is 269 Å². The second-order valence-corrected chi connectivity index (χ2v) is 11.8. The van der Waals surface area contributed by atoms with Crippen molar-refractivity contribution in [1.29, 1.82) is 0 Å². The molecule has 1 N–H and O–H groups in total. The van der Waals surface area contributed by atoms with Gasteiger partial charge in [0.05, 0.1) is 23.5 Å². The maximum atomic E-state index is 14.1. The van der Waals surface area contributed by atoms with Crippen molar-refractivity contribution < 1.29 is 40.3 Å². The van der Waals surface area contributed by atoms with Crippen molar-refractivity contribution >= 4 is 45.9 Å². The van der Waals surface area contributed by atoms with E-state index in [1.807, 2.05) is 22.6 Å². The topological polar surface area (TPSA) is 108 Å². The number of alkyl halides is 7. The number of hydrogen-bond donors (Lipinski definition) is 1. The lowest BCUT2D eigenvalue weighted by atomic mass is 9.95. The Morgan fingerprint density at radius 1 is 1.09 bits per heavy atom. The van der Waals surface area contributed by atoms with Gasteiger partial charge in [0, 0.05) is 27.8 Å². The van der Waals surface area contributed by atoms with Crippen LogP contribution in [-0.2, 0) is 18.9 Å². The fourth-order valence-corrected chi connectivity index (χ4v) is 5.21. The van der Waals surface area contributed by atoms with Gasteiger partial charge in [-0.15, -0.1) is 5.10 Å².